The summed E-state index contributed by atoms with van der Waals surface area (Å²) in [5.41, 5.74) is 1.64. The van der Waals surface area contributed by atoms with Crippen molar-refractivity contribution in [1.82, 2.24) is 0 Å². The molecule has 2 saturated heterocycles. The van der Waals surface area contributed by atoms with Crippen LogP contribution in [0.1, 0.15) is 164 Å². The van der Waals surface area contributed by atoms with Crippen LogP contribution in [0.2, 0.25) is 0 Å². The third-order valence-electron chi connectivity index (χ3n) is 11.8. The molecular weight excluding hydrogens is 594 g/mol. The molecule has 1 aliphatic carbocycles. The molecule has 0 spiro atoms. The van der Waals surface area contributed by atoms with Crippen molar-refractivity contribution in [3.05, 3.63) is 23.3 Å². The number of fused-ring (bicyclic) bond motifs is 3. The average molecular weight is 655 g/mol. The largest absolute Gasteiger partial charge is 0.505 e. The van der Waals surface area contributed by atoms with Crippen LogP contribution in [0, 0.1) is 5.92 Å². The van der Waals surface area contributed by atoms with E-state index in [1.807, 2.05) is 22.7 Å². The van der Waals surface area contributed by atoms with E-state index < -0.39 is 0 Å². The van der Waals surface area contributed by atoms with Crippen LogP contribution in [-0.4, -0.2) is 36.6 Å². The molecule has 3 aliphatic rings. The second-order valence-electron chi connectivity index (χ2n) is 16.2. The normalized spacial score (nSPS) is 22.6. The quantitative estimate of drug-likeness (QED) is 0.142. The van der Waals surface area contributed by atoms with Crippen molar-refractivity contribution in [3.63, 3.8) is 0 Å². The van der Waals surface area contributed by atoms with Crippen LogP contribution in [0.4, 0.5) is 0 Å². The maximum Gasteiger partial charge on any atom is 0.505 e. The minimum absolute atomic E-state index is 0.000616. The van der Waals surface area contributed by atoms with Crippen molar-refractivity contribution in [3.8, 4) is 9.75 Å². The van der Waals surface area contributed by atoms with Gasteiger partial charge >= 0.3 is 14.2 Å². The molecule has 1 atom stereocenters. The Morgan fingerprint density at radius 1 is 0.600 bits per heavy atom. The van der Waals surface area contributed by atoms with Gasteiger partial charge in [-0.15, -0.1) is 22.7 Å². The summed E-state index contributed by atoms with van der Waals surface area (Å²) in [6, 6.07) is 4.99. The Morgan fingerprint density at radius 2 is 1.02 bits per heavy atom. The van der Waals surface area contributed by atoms with Crippen LogP contribution in [0.3, 0.4) is 0 Å². The van der Waals surface area contributed by atoms with Gasteiger partial charge in [0.2, 0.25) is 0 Å². The third-order valence-corrected chi connectivity index (χ3v) is 14.3. The van der Waals surface area contributed by atoms with Crippen LogP contribution in [-0.2, 0) is 24.0 Å². The summed E-state index contributed by atoms with van der Waals surface area (Å²) >= 11 is 3.81. The van der Waals surface area contributed by atoms with Crippen LogP contribution in [0.15, 0.2) is 12.1 Å². The van der Waals surface area contributed by atoms with Gasteiger partial charge < -0.3 is 18.6 Å². The van der Waals surface area contributed by atoms with Gasteiger partial charge in [0.15, 0.2) is 0 Å². The van der Waals surface area contributed by atoms with Gasteiger partial charge in [0.1, 0.15) is 0 Å². The molecule has 1 unspecified atom stereocenters. The SMILES string of the molecule is CCCCCCCCC1(CC(CC)CCCC)c2cc(B3OC(C)(C)C(C)(C)O3)sc2-c2sc(B3OC(C)(C)C(C)(C)O3)cc21. The Labute approximate surface area is 284 Å². The minimum Gasteiger partial charge on any atom is -0.399 e. The summed E-state index contributed by atoms with van der Waals surface area (Å²) in [6.45, 7) is 24.3. The van der Waals surface area contributed by atoms with E-state index in [-0.39, 0.29) is 42.1 Å². The second kappa shape index (κ2) is 13.3. The summed E-state index contributed by atoms with van der Waals surface area (Å²) in [6.07, 6.45) is 15.4. The van der Waals surface area contributed by atoms with Crippen molar-refractivity contribution >= 4 is 46.5 Å². The van der Waals surface area contributed by atoms with Gasteiger partial charge in [-0.25, -0.2) is 0 Å². The number of thiophene rings is 2. The first kappa shape index (κ1) is 35.7. The fraction of sp³-hybridized carbons (Fsp3) is 0.784. The van der Waals surface area contributed by atoms with Crippen molar-refractivity contribution in [1.29, 1.82) is 0 Å². The molecule has 5 rings (SSSR count). The summed E-state index contributed by atoms with van der Waals surface area (Å²) in [5.74, 6) is 0.698. The van der Waals surface area contributed by atoms with Gasteiger partial charge in [0.05, 0.1) is 22.4 Å². The Morgan fingerprint density at radius 3 is 1.44 bits per heavy atom. The molecular formula is C37H60B2O4S2. The molecule has 2 aromatic heterocycles. The molecule has 2 aromatic rings. The fourth-order valence-electron chi connectivity index (χ4n) is 7.40. The molecule has 0 bridgehead atoms. The standard InChI is InChI=1S/C37H60B2O4S2/c1-12-15-17-18-19-20-22-37(25-26(14-3)21-16-13-2)27-23-29(38-40-33(4,5)34(6,7)41-38)44-31(27)32-28(37)24-30(45-32)39-42-35(8,9)36(10,11)43-39/h23-24,26H,12-22,25H2,1-11H3. The molecule has 0 amide bonds. The Hall–Kier alpha value is -0.630. The van der Waals surface area contributed by atoms with Crippen molar-refractivity contribution in [2.45, 2.75) is 181 Å². The highest BCUT2D eigenvalue weighted by Crippen LogP contribution is 2.59. The monoisotopic (exact) mass is 654 g/mol. The van der Waals surface area contributed by atoms with Crippen LogP contribution < -0.4 is 9.55 Å². The van der Waals surface area contributed by atoms with E-state index in [9.17, 15) is 0 Å². The zero-order valence-corrected chi connectivity index (χ0v) is 32.0. The molecule has 0 aromatic carbocycles. The van der Waals surface area contributed by atoms with Gasteiger partial charge in [-0.1, -0.05) is 85.0 Å². The maximum atomic E-state index is 6.62. The first-order chi connectivity index (χ1) is 21.1. The fourth-order valence-corrected chi connectivity index (χ4v) is 9.99. The zero-order valence-electron chi connectivity index (χ0n) is 30.3. The highest BCUT2D eigenvalue weighted by atomic mass is 32.1. The van der Waals surface area contributed by atoms with Crippen LogP contribution in [0.5, 0.6) is 0 Å². The molecule has 8 heteroatoms. The van der Waals surface area contributed by atoms with E-state index in [0.29, 0.717) is 5.92 Å². The van der Waals surface area contributed by atoms with E-state index in [1.165, 1.54) is 107 Å². The summed E-state index contributed by atoms with van der Waals surface area (Å²) in [4.78, 5) is 2.86. The molecule has 250 valence electrons. The van der Waals surface area contributed by atoms with Gasteiger partial charge in [-0.05, 0) is 97.4 Å². The highest BCUT2D eigenvalue weighted by Gasteiger charge is 2.56. The van der Waals surface area contributed by atoms with Gasteiger partial charge in [0.25, 0.3) is 0 Å². The molecule has 45 heavy (non-hydrogen) atoms. The van der Waals surface area contributed by atoms with Crippen LogP contribution >= 0.6 is 22.7 Å². The smallest absolute Gasteiger partial charge is 0.399 e. The van der Waals surface area contributed by atoms with Gasteiger partial charge in [-0.3, -0.25) is 0 Å². The van der Waals surface area contributed by atoms with E-state index in [1.54, 1.807) is 0 Å². The molecule has 0 saturated carbocycles. The van der Waals surface area contributed by atoms with Gasteiger partial charge in [0, 0.05) is 24.7 Å². The van der Waals surface area contributed by atoms with E-state index in [2.05, 4.69) is 88.3 Å². The second-order valence-corrected chi connectivity index (χ2v) is 18.3. The first-order valence-corrected chi connectivity index (χ1v) is 19.7. The Balaban J connectivity index is 1.58. The predicted octanol–water partition coefficient (Wildman–Crippen LogP) is 10.0. The van der Waals surface area contributed by atoms with Crippen molar-refractivity contribution < 1.29 is 18.6 Å². The van der Waals surface area contributed by atoms with Crippen molar-refractivity contribution in [2.75, 3.05) is 0 Å². The molecule has 2 aliphatic heterocycles. The van der Waals surface area contributed by atoms with E-state index in [4.69, 9.17) is 18.6 Å². The highest BCUT2D eigenvalue weighted by molar-refractivity contribution is 7.31. The lowest BCUT2D eigenvalue weighted by atomic mass is 9.67. The molecule has 4 heterocycles. The summed E-state index contributed by atoms with van der Waals surface area (Å²) < 4.78 is 28.9. The average Bonchev–Trinajstić information content (AvgIpc) is 3.72. The minimum atomic E-state index is -0.354. The molecule has 0 radical (unpaired) electrons. The lowest BCUT2D eigenvalue weighted by Crippen LogP contribution is -2.41. The van der Waals surface area contributed by atoms with Crippen molar-refractivity contribution in [2.24, 2.45) is 5.92 Å². The summed E-state index contributed by atoms with van der Waals surface area (Å²) in [5, 5.41) is 0. The number of rotatable bonds is 15. The topological polar surface area (TPSA) is 36.9 Å². The molecule has 0 N–H and O–H groups in total. The summed E-state index contributed by atoms with van der Waals surface area (Å²) in [7, 11) is -0.657. The van der Waals surface area contributed by atoms with E-state index in [0.717, 1.165) is 0 Å². The first-order valence-electron chi connectivity index (χ1n) is 18.1. The number of hydrogen-bond donors (Lipinski definition) is 0. The predicted molar refractivity (Wildman–Crippen MR) is 196 cm³/mol. The molecule has 4 nitrogen and oxygen atoms in total. The lowest BCUT2D eigenvalue weighted by molar-refractivity contribution is 0.00578. The van der Waals surface area contributed by atoms with Gasteiger partial charge in [-0.2, -0.15) is 0 Å². The number of unbranched alkanes of at least 4 members (excludes halogenated alkanes) is 6. The molecule has 2 fully saturated rings. The Kier molecular flexibility index (Phi) is 10.6. The zero-order chi connectivity index (χ0) is 32.8. The lowest BCUT2D eigenvalue weighted by Gasteiger charge is -2.35. The number of hydrogen-bond acceptors (Lipinski definition) is 6. The van der Waals surface area contributed by atoms with E-state index >= 15 is 0 Å². The third kappa shape index (κ3) is 6.69. The maximum absolute atomic E-state index is 6.62. The van der Waals surface area contributed by atoms with Crippen LogP contribution in [0.25, 0.3) is 9.75 Å². The Bertz CT molecular complexity index is 1200.